The van der Waals surface area contributed by atoms with Gasteiger partial charge in [0.1, 0.15) is 21.8 Å². The predicted octanol–water partition coefficient (Wildman–Crippen LogP) is 3.35. The Morgan fingerprint density at radius 2 is 1.17 bits per heavy atom. The monoisotopic (exact) mass is 354 g/mol. The highest BCUT2D eigenvalue weighted by Crippen LogP contribution is 2.47. The summed E-state index contributed by atoms with van der Waals surface area (Å²) in [5, 5.41) is 17.8. The molecule has 5 rings (SSSR count). The average molecular weight is 354 g/mol. The molecule has 2 aromatic heterocycles. The molecule has 1 saturated heterocycles. The van der Waals surface area contributed by atoms with Crippen LogP contribution >= 0.6 is 23.5 Å². The first-order valence-corrected chi connectivity index (χ1v) is 9.85. The van der Waals surface area contributed by atoms with E-state index in [-0.39, 0.29) is 10.7 Å². The number of aromatic nitrogens is 6. The van der Waals surface area contributed by atoms with Gasteiger partial charge in [0, 0.05) is 11.5 Å². The van der Waals surface area contributed by atoms with Crippen LogP contribution in [0, 0.1) is 0 Å². The molecule has 2 aromatic carbocycles. The number of fused-ring (bicyclic) bond motifs is 2. The smallest absolute Gasteiger partial charge is 0.131 e. The molecule has 1 aliphatic heterocycles. The second-order valence-corrected chi connectivity index (χ2v) is 8.02. The second kappa shape index (κ2) is 5.78. The van der Waals surface area contributed by atoms with Crippen molar-refractivity contribution < 1.29 is 0 Å². The van der Waals surface area contributed by atoms with Crippen LogP contribution < -0.4 is 0 Å². The third kappa shape index (κ3) is 2.21. The normalized spacial score (nSPS) is 21.5. The standard InChI is InChI=1S/C16H14N6S2/c1-3-7-13-11(5-1)17-19-21(13)15-16(24-10-9-23-15)22-14-8-4-2-6-12(14)18-20-22/h1-8,15-16H,9-10H2. The zero-order valence-electron chi connectivity index (χ0n) is 12.7. The molecule has 24 heavy (non-hydrogen) atoms. The molecule has 0 saturated carbocycles. The highest BCUT2D eigenvalue weighted by Gasteiger charge is 2.33. The molecule has 1 aliphatic rings. The van der Waals surface area contributed by atoms with Crippen molar-refractivity contribution in [1.82, 2.24) is 30.0 Å². The minimum Gasteiger partial charge on any atom is -0.228 e. The van der Waals surface area contributed by atoms with E-state index in [9.17, 15) is 0 Å². The molecule has 0 spiro atoms. The van der Waals surface area contributed by atoms with Crippen molar-refractivity contribution in [1.29, 1.82) is 0 Å². The van der Waals surface area contributed by atoms with Crippen molar-refractivity contribution in [3.05, 3.63) is 48.5 Å². The topological polar surface area (TPSA) is 61.4 Å². The van der Waals surface area contributed by atoms with Gasteiger partial charge >= 0.3 is 0 Å². The molecule has 120 valence electrons. The SMILES string of the molecule is c1ccc2c(c1)nnn2C1SCCSC1n1nnc2ccccc21. The molecular formula is C16H14N6S2. The third-order valence-corrected chi connectivity index (χ3v) is 7.05. The van der Waals surface area contributed by atoms with E-state index in [0.717, 1.165) is 33.6 Å². The van der Waals surface area contributed by atoms with Gasteiger partial charge in [-0.1, -0.05) is 34.7 Å². The lowest BCUT2D eigenvalue weighted by atomic mass is 10.3. The summed E-state index contributed by atoms with van der Waals surface area (Å²) < 4.78 is 4.07. The highest BCUT2D eigenvalue weighted by atomic mass is 32.2. The number of hydrogen-bond donors (Lipinski definition) is 0. The Bertz CT molecular complexity index is 928. The summed E-state index contributed by atoms with van der Waals surface area (Å²) in [6.45, 7) is 0. The number of para-hydroxylation sites is 2. The fourth-order valence-corrected chi connectivity index (χ4v) is 5.91. The van der Waals surface area contributed by atoms with Crippen molar-refractivity contribution in [2.24, 2.45) is 0 Å². The molecule has 2 atom stereocenters. The molecule has 3 heterocycles. The minimum atomic E-state index is 0.140. The number of benzene rings is 2. The molecule has 0 bridgehead atoms. The van der Waals surface area contributed by atoms with Crippen molar-refractivity contribution in [3.8, 4) is 0 Å². The Morgan fingerprint density at radius 1 is 0.708 bits per heavy atom. The maximum Gasteiger partial charge on any atom is 0.131 e. The second-order valence-electron chi connectivity index (χ2n) is 5.57. The molecule has 6 nitrogen and oxygen atoms in total. The first kappa shape index (κ1) is 14.3. The van der Waals surface area contributed by atoms with Crippen LogP contribution in [-0.2, 0) is 0 Å². The van der Waals surface area contributed by atoms with Crippen molar-refractivity contribution >= 4 is 45.6 Å². The van der Waals surface area contributed by atoms with Crippen LogP contribution in [0.15, 0.2) is 48.5 Å². The Labute approximate surface area is 146 Å². The van der Waals surface area contributed by atoms with E-state index in [1.807, 2.05) is 69.3 Å². The van der Waals surface area contributed by atoms with Crippen molar-refractivity contribution in [2.75, 3.05) is 11.5 Å². The fraction of sp³-hybridized carbons (Fsp3) is 0.250. The third-order valence-electron chi connectivity index (χ3n) is 4.14. The lowest BCUT2D eigenvalue weighted by Gasteiger charge is -2.30. The van der Waals surface area contributed by atoms with Crippen LogP contribution in [0.5, 0.6) is 0 Å². The fourth-order valence-electron chi connectivity index (χ4n) is 3.04. The Kier molecular flexibility index (Phi) is 3.45. The number of nitrogens with zero attached hydrogens (tertiary/aromatic N) is 6. The van der Waals surface area contributed by atoms with Gasteiger partial charge in [-0.15, -0.1) is 33.7 Å². The van der Waals surface area contributed by atoms with Crippen LogP contribution in [0.1, 0.15) is 10.7 Å². The van der Waals surface area contributed by atoms with Crippen LogP contribution in [0.2, 0.25) is 0 Å². The number of thioether (sulfide) groups is 2. The minimum absolute atomic E-state index is 0.140. The number of rotatable bonds is 2. The summed E-state index contributed by atoms with van der Waals surface area (Å²) in [5.74, 6) is 2.18. The molecule has 0 radical (unpaired) electrons. The van der Waals surface area contributed by atoms with Crippen LogP contribution in [0.4, 0.5) is 0 Å². The molecule has 1 fully saturated rings. The van der Waals surface area contributed by atoms with E-state index in [2.05, 4.69) is 32.8 Å². The van der Waals surface area contributed by atoms with Crippen LogP contribution in [0.3, 0.4) is 0 Å². The van der Waals surface area contributed by atoms with Gasteiger partial charge in [-0.2, -0.15) is 0 Å². The van der Waals surface area contributed by atoms with E-state index in [0.29, 0.717) is 0 Å². The number of hydrogen-bond acceptors (Lipinski definition) is 6. The zero-order valence-corrected chi connectivity index (χ0v) is 14.3. The van der Waals surface area contributed by atoms with E-state index in [1.165, 1.54) is 0 Å². The van der Waals surface area contributed by atoms with Gasteiger partial charge in [-0.05, 0) is 24.3 Å². The molecule has 0 amide bonds. The maximum atomic E-state index is 4.43. The molecule has 8 heteroatoms. The largest absolute Gasteiger partial charge is 0.228 e. The first-order chi connectivity index (χ1) is 11.9. The molecule has 2 unspecified atom stereocenters. The van der Waals surface area contributed by atoms with E-state index < -0.39 is 0 Å². The van der Waals surface area contributed by atoms with Gasteiger partial charge in [0.25, 0.3) is 0 Å². The molecule has 4 aromatic rings. The lowest BCUT2D eigenvalue weighted by Crippen LogP contribution is -2.24. The van der Waals surface area contributed by atoms with Crippen molar-refractivity contribution in [3.63, 3.8) is 0 Å². The summed E-state index contributed by atoms with van der Waals surface area (Å²) in [6.07, 6.45) is 0. The quantitative estimate of drug-likeness (QED) is 0.550. The Hall–Kier alpha value is -2.06. The van der Waals surface area contributed by atoms with Gasteiger partial charge in [-0.25, -0.2) is 9.36 Å². The summed E-state index contributed by atoms with van der Waals surface area (Å²) in [7, 11) is 0. The van der Waals surface area contributed by atoms with Gasteiger partial charge < -0.3 is 0 Å². The maximum absolute atomic E-state index is 4.43. The molecule has 0 N–H and O–H groups in total. The summed E-state index contributed by atoms with van der Waals surface area (Å²) >= 11 is 3.80. The van der Waals surface area contributed by atoms with E-state index in [1.54, 1.807) is 0 Å². The predicted molar refractivity (Wildman–Crippen MR) is 98.0 cm³/mol. The lowest BCUT2D eigenvalue weighted by molar-refractivity contribution is 0.473. The average Bonchev–Trinajstić information content (AvgIpc) is 3.26. The van der Waals surface area contributed by atoms with Crippen LogP contribution in [-0.4, -0.2) is 41.5 Å². The van der Waals surface area contributed by atoms with Gasteiger partial charge in [0.2, 0.25) is 0 Å². The zero-order chi connectivity index (χ0) is 15.9. The van der Waals surface area contributed by atoms with Crippen molar-refractivity contribution in [2.45, 2.75) is 10.7 Å². The summed E-state index contributed by atoms with van der Waals surface area (Å²) in [5.41, 5.74) is 3.98. The Balaban J connectivity index is 1.64. The van der Waals surface area contributed by atoms with Gasteiger partial charge in [0.15, 0.2) is 0 Å². The summed E-state index contributed by atoms with van der Waals surface area (Å²) in [4.78, 5) is 0. The Morgan fingerprint density at radius 3 is 1.67 bits per heavy atom. The van der Waals surface area contributed by atoms with E-state index >= 15 is 0 Å². The highest BCUT2D eigenvalue weighted by molar-refractivity contribution is 8.06. The van der Waals surface area contributed by atoms with Gasteiger partial charge in [-0.3, -0.25) is 0 Å². The van der Waals surface area contributed by atoms with Crippen LogP contribution in [0.25, 0.3) is 22.1 Å². The summed E-state index contributed by atoms with van der Waals surface area (Å²) in [6, 6.07) is 16.2. The van der Waals surface area contributed by atoms with E-state index in [4.69, 9.17) is 0 Å². The molecular weight excluding hydrogens is 340 g/mol. The molecule has 0 aliphatic carbocycles. The first-order valence-electron chi connectivity index (χ1n) is 7.75. The van der Waals surface area contributed by atoms with Gasteiger partial charge in [0.05, 0.1) is 11.0 Å².